The maximum atomic E-state index is 6.07. The van der Waals surface area contributed by atoms with Gasteiger partial charge in [0.1, 0.15) is 10.8 Å². The molecule has 0 aliphatic carbocycles. The van der Waals surface area contributed by atoms with Gasteiger partial charge in [0.25, 0.3) is 0 Å². The number of rotatable bonds is 5. The molecule has 2 aromatic rings. The number of hydrogen-bond donors (Lipinski definition) is 1. The molecule has 3 nitrogen and oxygen atoms in total. The molecule has 0 saturated heterocycles. The van der Waals surface area contributed by atoms with Gasteiger partial charge in [-0.1, -0.05) is 36.2 Å². The molecule has 1 aromatic carbocycles. The molecule has 1 N–H and O–H groups in total. The van der Waals surface area contributed by atoms with E-state index in [9.17, 15) is 0 Å². The quantitative estimate of drug-likeness (QED) is 0.894. The topological polar surface area (TPSA) is 34.2 Å². The van der Waals surface area contributed by atoms with E-state index in [-0.39, 0.29) is 0 Å². The molecular formula is C14H14Cl2N2O. The molecule has 2 rings (SSSR count). The molecule has 0 aliphatic rings. The second-order valence-electron chi connectivity index (χ2n) is 3.94. The first kappa shape index (κ1) is 14.1. The van der Waals surface area contributed by atoms with Crippen molar-refractivity contribution in [2.45, 2.75) is 13.5 Å². The van der Waals surface area contributed by atoms with Gasteiger partial charge in [0, 0.05) is 18.8 Å². The van der Waals surface area contributed by atoms with Crippen molar-refractivity contribution >= 4 is 23.2 Å². The van der Waals surface area contributed by atoms with Crippen LogP contribution in [0.2, 0.25) is 10.0 Å². The van der Waals surface area contributed by atoms with Gasteiger partial charge >= 0.3 is 0 Å². The van der Waals surface area contributed by atoms with Gasteiger partial charge in [-0.15, -0.1) is 0 Å². The molecule has 1 heterocycles. The molecule has 5 heteroatoms. The van der Waals surface area contributed by atoms with Gasteiger partial charge in [-0.3, -0.25) is 0 Å². The van der Waals surface area contributed by atoms with Gasteiger partial charge < -0.3 is 10.1 Å². The summed E-state index contributed by atoms with van der Waals surface area (Å²) in [7, 11) is 0. The van der Waals surface area contributed by atoms with Crippen molar-refractivity contribution < 1.29 is 4.74 Å². The summed E-state index contributed by atoms with van der Waals surface area (Å²) in [6.07, 6.45) is 1.71. The SMILES string of the molecule is CCNCc1ccnc(Oc2cccc(Cl)c2Cl)c1. The van der Waals surface area contributed by atoms with E-state index in [1.165, 1.54) is 0 Å². The first-order valence-corrected chi connectivity index (χ1v) is 6.74. The van der Waals surface area contributed by atoms with E-state index >= 15 is 0 Å². The van der Waals surface area contributed by atoms with Crippen LogP contribution in [0, 0.1) is 0 Å². The lowest BCUT2D eigenvalue weighted by Crippen LogP contribution is -2.11. The lowest BCUT2D eigenvalue weighted by atomic mass is 10.2. The largest absolute Gasteiger partial charge is 0.437 e. The van der Waals surface area contributed by atoms with E-state index in [0.717, 1.165) is 18.7 Å². The van der Waals surface area contributed by atoms with E-state index in [2.05, 4.69) is 17.2 Å². The number of nitrogens with zero attached hydrogens (tertiary/aromatic N) is 1. The number of aromatic nitrogens is 1. The van der Waals surface area contributed by atoms with Crippen molar-refractivity contribution in [3.8, 4) is 11.6 Å². The molecule has 0 aliphatic heterocycles. The molecule has 0 unspecified atom stereocenters. The molecule has 0 fully saturated rings. The van der Waals surface area contributed by atoms with Crippen molar-refractivity contribution in [1.29, 1.82) is 0 Å². The van der Waals surface area contributed by atoms with Gasteiger partial charge in [-0.2, -0.15) is 0 Å². The van der Waals surface area contributed by atoms with Crippen molar-refractivity contribution in [3.05, 3.63) is 52.1 Å². The van der Waals surface area contributed by atoms with Crippen LogP contribution >= 0.6 is 23.2 Å². The van der Waals surface area contributed by atoms with Crippen LogP contribution in [0.1, 0.15) is 12.5 Å². The maximum absolute atomic E-state index is 6.07. The average Bonchev–Trinajstić information content (AvgIpc) is 2.42. The zero-order valence-corrected chi connectivity index (χ0v) is 12.0. The van der Waals surface area contributed by atoms with E-state index < -0.39 is 0 Å². The zero-order chi connectivity index (χ0) is 13.7. The Morgan fingerprint density at radius 2 is 2.11 bits per heavy atom. The summed E-state index contributed by atoms with van der Waals surface area (Å²) in [4.78, 5) is 4.16. The normalized spacial score (nSPS) is 10.5. The smallest absolute Gasteiger partial charge is 0.219 e. The predicted octanol–water partition coefficient (Wildman–Crippen LogP) is 4.29. The highest BCUT2D eigenvalue weighted by atomic mass is 35.5. The number of nitrogens with one attached hydrogen (secondary N) is 1. The van der Waals surface area contributed by atoms with Gasteiger partial charge in [-0.05, 0) is 30.3 Å². The van der Waals surface area contributed by atoms with Crippen LogP contribution in [-0.2, 0) is 6.54 Å². The van der Waals surface area contributed by atoms with Crippen LogP contribution in [-0.4, -0.2) is 11.5 Å². The Hall–Kier alpha value is -1.29. The first-order valence-electron chi connectivity index (χ1n) is 5.98. The molecule has 1 aromatic heterocycles. The van der Waals surface area contributed by atoms with Crippen LogP contribution in [0.4, 0.5) is 0 Å². The van der Waals surface area contributed by atoms with Crippen LogP contribution in [0.3, 0.4) is 0 Å². The molecule has 0 spiro atoms. The molecule has 100 valence electrons. The third-order valence-corrected chi connectivity index (χ3v) is 3.31. The Kier molecular flexibility index (Phi) is 5.02. The fourth-order valence-corrected chi connectivity index (χ4v) is 1.89. The summed E-state index contributed by atoms with van der Waals surface area (Å²) in [5.41, 5.74) is 1.10. The number of pyridine rings is 1. The number of ether oxygens (including phenoxy) is 1. The lowest BCUT2D eigenvalue weighted by molar-refractivity contribution is 0.462. The van der Waals surface area contributed by atoms with Crippen molar-refractivity contribution in [1.82, 2.24) is 10.3 Å². The molecule has 0 atom stereocenters. The number of hydrogen-bond acceptors (Lipinski definition) is 3. The number of halogens is 2. The third-order valence-electron chi connectivity index (χ3n) is 2.51. The Balaban J connectivity index is 2.16. The fraction of sp³-hybridized carbons (Fsp3) is 0.214. The van der Waals surface area contributed by atoms with E-state index in [0.29, 0.717) is 21.7 Å². The van der Waals surface area contributed by atoms with E-state index in [1.807, 2.05) is 12.1 Å². The van der Waals surface area contributed by atoms with Gasteiger partial charge in [0.15, 0.2) is 0 Å². The standard InChI is InChI=1S/C14H14Cl2N2O/c1-2-17-9-10-6-7-18-13(8-10)19-12-5-3-4-11(15)14(12)16/h3-8,17H,2,9H2,1H3. The summed E-state index contributed by atoms with van der Waals surface area (Å²) in [5, 5.41) is 4.10. The second-order valence-corrected chi connectivity index (χ2v) is 4.72. The second kappa shape index (κ2) is 6.75. The predicted molar refractivity (Wildman–Crippen MR) is 78.2 cm³/mol. The van der Waals surface area contributed by atoms with Crippen LogP contribution in [0.5, 0.6) is 11.6 Å². The Morgan fingerprint density at radius 1 is 1.26 bits per heavy atom. The van der Waals surface area contributed by atoms with E-state index in [4.69, 9.17) is 27.9 Å². The Bertz CT molecular complexity index is 561. The molecule has 19 heavy (non-hydrogen) atoms. The molecule has 0 amide bonds. The summed E-state index contributed by atoms with van der Waals surface area (Å²) < 4.78 is 5.66. The monoisotopic (exact) mass is 296 g/mol. The lowest BCUT2D eigenvalue weighted by Gasteiger charge is -2.09. The summed E-state index contributed by atoms with van der Waals surface area (Å²) in [5.74, 6) is 1.00. The molecule has 0 bridgehead atoms. The summed E-state index contributed by atoms with van der Waals surface area (Å²) in [6, 6.07) is 9.07. The van der Waals surface area contributed by atoms with Gasteiger partial charge in [-0.25, -0.2) is 4.98 Å². The van der Waals surface area contributed by atoms with Gasteiger partial charge in [0.05, 0.1) is 5.02 Å². The van der Waals surface area contributed by atoms with Gasteiger partial charge in [0.2, 0.25) is 5.88 Å². The average molecular weight is 297 g/mol. The van der Waals surface area contributed by atoms with Crippen molar-refractivity contribution in [3.63, 3.8) is 0 Å². The highest BCUT2D eigenvalue weighted by molar-refractivity contribution is 6.42. The minimum absolute atomic E-state index is 0.392. The van der Waals surface area contributed by atoms with Crippen LogP contribution < -0.4 is 10.1 Å². The van der Waals surface area contributed by atoms with E-state index in [1.54, 1.807) is 24.4 Å². The molecule has 0 saturated carbocycles. The van der Waals surface area contributed by atoms with Crippen LogP contribution in [0.15, 0.2) is 36.5 Å². The summed E-state index contributed by atoms with van der Waals surface area (Å²) in [6.45, 7) is 3.75. The maximum Gasteiger partial charge on any atom is 0.219 e. The highest BCUT2D eigenvalue weighted by Gasteiger charge is 2.07. The zero-order valence-electron chi connectivity index (χ0n) is 10.5. The summed E-state index contributed by atoms with van der Waals surface area (Å²) >= 11 is 12.0. The number of benzene rings is 1. The van der Waals surface area contributed by atoms with Crippen molar-refractivity contribution in [2.75, 3.05) is 6.54 Å². The van der Waals surface area contributed by atoms with Crippen molar-refractivity contribution in [2.24, 2.45) is 0 Å². The first-order chi connectivity index (χ1) is 9.20. The fourth-order valence-electron chi connectivity index (χ4n) is 1.56. The Labute approximate surface area is 122 Å². The Morgan fingerprint density at radius 3 is 2.89 bits per heavy atom. The molecule has 0 radical (unpaired) electrons. The third kappa shape index (κ3) is 3.83. The minimum Gasteiger partial charge on any atom is -0.437 e. The highest BCUT2D eigenvalue weighted by Crippen LogP contribution is 2.34. The molecular weight excluding hydrogens is 283 g/mol. The van der Waals surface area contributed by atoms with Crippen LogP contribution in [0.25, 0.3) is 0 Å². The minimum atomic E-state index is 0.392.